The number of rotatable bonds is 5. The smallest absolute Gasteiger partial charge is 0.0391 e. The van der Waals surface area contributed by atoms with E-state index < -0.39 is 0 Å². The number of hydrogen-bond donors (Lipinski definition) is 1. The minimum Gasteiger partial charge on any atom is -0.303 e. The van der Waals surface area contributed by atoms with Crippen LogP contribution in [0.1, 0.15) is 48.2 Å². The Balaban J connectivity index is 2.01. The first kappa shape index (κ1) is 13.2. The van der Waals surface area contributed by atoms with Crippen LogP contribution in [0.25, 0.3) is 0 Å². The van der Waals surface area contributed by atoms with E-state index in [-0.39, 0.29) is 0 Å². The standard InChI is InChI=1S/C15H20N2S/c1-4-14-7-8-15(18-14)12(3)17-11(2)13-6-5-9-16-10-13/h5-12,17H,4H2,1-3H3/t11-,12?/m1/s1. The van der Waals surface area contributed by atoms with Crippen molar-refractivity contribution in [2.75, 3.05) is 0 Å². The molecule has 1 N–H and O–H groups in total. The number of nitrogens with one attached hydrogen (secondary N) is 1. The zero-order valence-corrected chi connectivity index (χ0v) is 12.0. The molecule has 1 unspecified atom stereocenters. The minimum atomic E-state index is 0.320. The Morgan fingerprint density at radius 2 is 2.06 bits per heavy atom. The molecular formula is C15H20N2S. The molecule has 0 fully saturated rings. The molecule has 0 radical (unpaired) electrons. The molecule has 2 aromatic rings. The maximum atomic E-state index is 4.17. The van der Waals surface area contributed by atoms with Crippen molar-refractivity contribution in [1.82, 2.24) is 10.3 Å². The molecule has 2 heterocycles. The molecule has 2 atom stereocenters. The van der Waals surface area contributed by atoms with E-state index in [0.717, 1.165) is 6.42 Å². The van der Waals surface area contributed by atoms with Crippen molar-refractivity contribution in [2.45, 2.75) is 39.3 Å². The van der Waals surface area contributed by atoms with Gasteiger partial charge in [0.05, 0.1) is 0 Å². The zero-order chi connectivity index (χ0) is 13.0. The molecule has 2 nitrogen and oxygen atoms in total. The SMILES string of the molecule is CCc1ccc(C(C)N[C@H](C)c2cccnc2)s1. The van der Waals surface area contributed by atoms with Gasteiger partial charge < -0.3 is 5.32 Å². The fraction of sp³-hybridized carbons (Fsp3) is 0.400. The van der Waals surface area contributed by atoms with Gasteiger partial charge in [-0.25, -0.2) is 0 Å². The Kier molecular flexibility index (Phi) is 4.50. The summed E-state index contributed by atoms with van der Waals surface area (Å²) in [7, 11) is 0. The molecule has 18 heavy (non-hydrogen) atoms. The Bertz CT molecular complexity index is 478. The molecule has 96 valence electrons. The van der Waals surface area contributed by atoms with Gasteiger partial charge in [0.2, 0.25) is 0 Å². The molecule has 3 heteroatoms. The van der Waals surface area contributed by atoms with E-state index >= 15 is 0 Å². The lowest BCUT2D eigenvalue weighted by atomic mass is 10.1. The van der Waals surface area contributed by atoms with Gasteiger partial charge in [-0.2, -0.15) is 0 Å². The van der Waals surface area contributed by atoms with Crippen LogP contribution in [0.2, 0.25) is 0 Å². The van der Waals surface area contributed by atoms with Crippen molar-refractivity contribution in [3.63, 3.8) is 0 Å². The van der Waals surface area contributed by atoms with Gasteiger partial charge in [-0.15, -0.1) is 11.3 Å². The van der Waals surface area contributed by atoms with Gasteiger partial charge in [0, 0.05) is 34.2 Å². The molecule has 0 saturated carbocycles. The van der Waals surface area contributed by atoms with Gasteiger partial charge in [0.15, 0.2) is 0 Å². The maximum Gasteiger partial charge on any atom is 0.0391 e. The summed E-state index contributed by atoms with van der Waals surface area (Å²) >= 11 is 1.90. The van der Waals surface area contributed by atoms with Gasteiger partial charge in [0.1, 0.15) is 0 Å². The van der Waals surface area contributed by atoms with Crippen LogP contribution >= 0.6 is 11.3 Å². The summed E-state index contributed by atoms with van der Waals surface area (Å²) in [4.78, 5) is 7.02. The summed E-state index contributed by atoms with van der Waals surface area (Å²) in [5, 5.41) is 3.62. The van der Waals surface area contributed by atoms with Crippen molar-refractivity contribution >= 4 is 11.3 Å². The Morgan fingerprint density at radius 3 is 2.67 bits per heavy atom. The molecule has 0 aliphatic rings. The lowest BCUT2D eigenvalue weighted by Crippen LogP contribution is -2.21. The quantitative estimate of drug-likeness (QED) is 0.875. The molecule has 2 rings (SSSR count). The van der Waals surface area contributed by atoms with Crippen LogP contribution in [0.5, 0.6) is 0 Å². The highest BCUT2D eigenvalue weighted by Gasteiger charge is 2.12. The molecule has 0 amide bonds. The van der Waals surface area contributed by atoms with Crippen molar-refractivity contribution in [1.29, 1.82) is 0 Å². The van der Waals surface area contributed by atoms with E-state index in [4.69, 9.17) is 0 Å². The van der Waals surface area contributed by atoms with E-state index in [2.05, 4.69) is 49.3 Å². The lowest BCUT2D eigenvalue weighted by molar-refractivity contribution is 0.499. The zero-order valence-electron chi connectivity index (χ0n) is 11.2. The fourth-order valence-electron chi connectivity index (χ4n) is 2.00. The van der Waals surface area contributed by atoms with E-state index in [1.54, 1.807) is 0 Å². The maximum absolute atomic E-state index is 4.17. The van der Waals surface area contributed by atoms with E-state index in [1.165, 1.54) is 15.3 Å². The van der Waals surface area contributed by atoms with Crippen molar-refractivity contribution < 1.29 is 0 Å². The normalized spacial score (nSPS) is 14.4. The average molecular weight is 260 g/mol. The van der Waals surface area contributed by atoms with Gasteiger partial charge in [0.25, 0.3) is 0 Å². The number of thiophene rings is 1. The van der Waals surface area contributed by atoms with Crippen LogP contribution in [-0.2, 0) is 6.42 Å². The van der Waals surface area contributed by atoms with Crippen LogP contribution in [0, 0.1) is 0 Å². The van der Waals surface area contributed by atoms with Crippen LogP contribution in [0.4, 0.5) is 0 Å². The summed E-state index contributed by atoms with van der Waals surface area (Å²) in [5.74, 6) is 0. The monoisotopic (exact) mass is 260 g/mol. The summed E-state index contributed by atoms with van der Waals surface area (Å²) in [6.07, 6.45) is 4.86. The molecule has 0 aromatic carbocycles. The third-order valence-electron chi connectivity index (χ3n) is 3.14. The van der Waals surface area contributed by atoms with E-state index in [0.29, 0.717) is 12.1 Å². The molecule has 0 aliphatic heterocycles. The van der Waals surface area contributed by atoms with Crippen LogP contribution in [0.3, 0.4) is 0 Å². The van der Waals surface area contributed by atoms with Crippen molar-refractivity contribution in [2.24, 2.45) is 0 Å². The number of aromatic nitrogens is 1. The molecule has 0 aliphatic carbocycles. The van der Waals surface area contributed by atoms with Gasteiger partial charge in [-0.3, -0.25) is 4.98 Å². The van der Waals surface area contributed by atoms with Gasteiger partial charge in [-0.05, 0) is 44.0 Å². The lowest BCUT2D eigenvalue weighted by Gasteiger charge is -2.19. The molecule has 2 aromatic heterocycles. The predicted octanol–water partition coefficient (Wildman–Crippen LogP) is 4.12. The first-order valence-electron chi connectivity index (χ1n) is 6.45. The van der Waals surface area contributed by atoms with Crippen LogP contribution in [-0.4, -0.2) is 4.98 Å². The molecule has 0 bridgehead atoms. The number of hydrogen-bond acceptors (Lipinski definition) is 3. The average Bonchev–Trinajstić information content (AvgIpc) is 2.88. The topological polar surface area (TPSA) is 24.9 Å². The third kappa shape index (κ3) is 3.18. The highest BCUT2D eigenvalue weighted by Crippen LogP contribution is 2.25. The number of nitrogens with zero attached hydrogens (tertiary/aromatic N) is 1. The van der Waals surface area contributed by atoms with E-state index in [9.17, 15) is 0 Å². The fourth-order valence-corrected chi connectivity index (χ4v) is 2.97. The van der Waals surface area contributed by atoms with E-state index in [1.807, 2.05) is 29.8 Å². The van der Waals surface area contributed by atoms with Crippen LogP contribution < -0.4 is 5.32 Å². The highest BCUT2D eigenvalue weighted by molar-refractivity contribution is 7.12. The summed E-state index contributed by atoms with van der Waals surface area (Å²) in [6.45, 7) is 6.60. The van der Waals surface area contributed by atoms with Gasteiger partial charge in [-0.1, -0.05) is 13.0 Å². The molecule has 0 spiro atoms. The second-order valence-electron chi connectivity index (χ2n) is 4.55. The number of aryl methyl sites for hydroxylation is 1. The summed E-state index contributed by atoms with van der Waals surface area (Å²) in [5.41, 5.74) is 1.23. The predicted molar refractivity (Wildman–Crippen MR) is 77.9 cm³/mol. The number of pyridine rings is 1. The Morgan fingerprint density at radius 1 is 1.22 bits per heavy atom. The highest BCUT2D eigenvalue weighted by atomic mass is 32.1. The second kappa shape index (κ2) is 6.12. The second-order valence-corrected chi connectivity index (χ2v) is 5.75. The summed E-state index contributed by atoms with van der Waals surface area (Å²) in [6, 6.07) is 9.26. The first-order chi connectivity index (χ1) is 8.70. The summed E-state index contributed by atoms with van der Waals surface area (Å²) < 4.78 is 0. The van der Waals surface area contributed by atoms with Crippen LogP contribution in [0.15, 0.2) is 36.7 Å². The van der Waals surface area contributed by atoms with Crippen molar-refractivity contribution in [3.05, 3.63) is 52.0 Å². The third-order valence-corrected chi connectivity index (χ3v) is 4.55. The first-order valence-corrected chi connectivity index (χ1v) is 7.27. The Hall–Kier alpha value is -1.19. The van der Waals surface area contributed by atoms with Crippen molar-refractivity contribution in [3.8, 4) is 0 Å². The minimum absolute atomic E-state index is 0.320. The Labute approximate surface area is 113 Å². The largest absolute Gasteiger partial charge is 0.303 e. The molecular weight excluding hydrogens is 240 g/mol. The molecule has 0 saturated heterocycles. The van der Waals surface area contributed by atoms with Gasteiger partial charge >= 0.3 is 0 Å².